The Hall–Kier alpha value is -1.67. The summed E-state index contributed by atoms with van der Waals surface area (Å²) in [5, 5.41) is 0. The maximum absolute atomic E-state index is 6.47. The molecular formula is C17H22N2. The molecule has 1 aromatic heterocycles. The number of hydrogen-bond acceptors (Lipinski definition) is 2. The molecule has 0 aliphatic rings. The molecule has 0 radical (unpaired) electrons. The number of nitrogens with two attached hydrogens (primary N) is 1. The zero-order valence-electron chi connectivity index (χ0n) is 12.1. The van der Waals surface area contributed by atoms with Gasteiger partial charge in [0, 0.05) is 12.4 Å². The molecule has 2 heteroatoms. The van der Waals surface area contributed by atoms with Crippen LogP contribution in [0.5, 0.6) is 0 Å². The lowest BCUT2D eigenvalue weighted by Gasteiger charge is -2.26. The lowest BCUT2D eigenvalue weighted by atomic mass is 9.80. The molecule has 0 aliphatic carbocycles. The predicted octanol–water partition coefficient (Wildman–Crippen LogP) is 3.74. The summed E-state index contributed by atoms with van der Waals surface area (Å²) in [5.74, 6) is 0. The number of rotatable bonds is 2. The van der Waals surface area contributed by atoms with Crippen molar-refractivity contribution in [1.29, 1.82) is 0 Å². The lowest BCUT2D eigenvalue weighted by Crippen LogP contribution is -2.21. The molecule has 1 heterocycles. The van der Waals surface area contributed by atoms with Crippen LogP contribution in [0.15, 0.2) is 42.7 Å². The van der Waals surface area contributed by atoms with Crippen molar-refractivity contribution in [2.24, 2.45) is 5.73 Å². The minimum atomic E-state index is -0.121. The molecule has 19 heavy (non-hydrogen) atoms. The van der Waals surface area contributed by atoms with Crippen molar-refractivity contribution >= 4 is 0 Å². The topological polar surface area (TPSA) is 38.9 Å². The van der Waals surface area contributed by atoms with Gasteiger partial charge in [-0.25, -0.2) is 0 Å². The minimum absolute atomic E-state index is 0.0876. The Morgan fingerprint density at radius 3 is 2.37 bits per heavy atom. The number of pyridine rings is 1. The number of aromatic nitrogens is 1. The molecule has 0 saturated carbocycles. The van der Waals surface area contributed by atoms with Crippen molar-refractivity contribution in [1.82, 2.24) is 4.98 Å². The Morgan fingerprint density at radius 1 is 1.05 bits per heavy atom. The average molecular weight is 254 g/mol. The summed E-state index contributed by atoms with van der Waals surface area (Å²) < 4.78 is 0. The summed E-state index contributed by atoms with van der Waals surface area (Å²) in [4.78, 5) is 4.20. The van der Waals surface area contributed by atoms with Crippen molar-refractivity contribution < 1.29 is 0 Å². The van der Waals surface area contributed by atoms with Crippen LogP contribution < -0.4 is 5.73 Å². The first-order chi connectivity index (χ1) is 8.91. The summed E-state index contributed by atoms with van der Waals surface area (Å²) in [6, 6.07) is 10.3. The van der Waals surface area contributed by atoms with E-state index < -0.39 is 0 Å². The second-order valence-corrected chi connectivity index (χ2v) is 6.05. The third-order valence-corrected chi connectivity index (χ3v) is 3.52. The van der Waals surface area contributed by atoms with E-state index >= 15 is 0 Å². The average Bonchev–Trinajstić information content (AvgIpc) is 2.37. The molecule has 1 atom stereocenters. The van der Waals surface area contributed by atoms with E-state index in [9.17, 15) is 0 Å². The quantitative estimate of drug-likeness (QED) is 0.886. The molecule has 0 aliphatic heterocycles. The highest BCUT2D eigenvalue weighted by Crippen LogP contribution is 2.32. The molecule has 0 amide bonds. The van der Waals surface area contributed by atoms with Crippen LogP contribution in [0, 0.1) is 6.92 Å². The molecule has 0 saturated heterocycles. The van der Waals surface area contributed by atoms with E-state index in [0.717, 1.165) is 5.56 Å². The lowest BCUT2D eigenvalue weighted by molar-refractivity contribution is 0.577. The Bertz CT molecular complexity index is 567. The van der Waals surface area contributed by atoms with E-state index in [1.807, 2.05) is 12.3 Å². The molecule has 1 aromatic carbocycles. The summed E-state index contributed by atoms with van der Waals surface area (Å²) >= 11 is 0. The molecule has 2 N–H and O–H groups in total. The molecule has 2 rings (SSSR count). The van der Waals surface area contributed by atoms with Crippen LogP contribution in [-0.2, 0) is 5.41 Å². The first kappa shape index (κ1) is 13.8. The fourth-order valence-electron chi connectivity index (χ4n) is 2.42. The summed E-state index contributed by atoms with van der Waals surface area (Å²) in [6.45, 7) is 8.73. The summed E-state index contributed by atoms with van der Waals surface area (Å²) in [6.07, 6.45) is 3.68. The third-order valence-electron chi connectivity index (χ3n) is 3.52. The first-order valence-electron chi connectivity index (χ1n) is 6.67. The van der Waals surface area contributed by atoms with Gasteiger partial charge in [-0.1, -0.05) is 45.0 Å². The molecule has 0 spiro atoms. The van der Waals surface area contributed by atoms with Crippen LogP contribution >= 0.6 is 0 Å². The molecule has 0 fully saturated rings. The largest absolute Gasteiger partial charge is 0.320 e. The first-order valence-corrected chi connectivity index (χ1v) is 6.67. The Balaban J connectivity index is 2.51. The number of benzene rings is 1. The normalized spacial score (nSPS) is 13.3. The van der Waals surface area contributed by atoms with Crippen molar-refractivity contribution in [2.45, 2.75) is 39.2 Å². The zero-order chi connectivity index (χ0) is 14.0. The van der Waals surface area contributed by atoms with E-state index in [4.69, 9.17) is 5.73 Å². The van der Waals surface area contributed by atoms with Crippen LogP contribution in [-0.4, -0.2) is 4.98 Å². The van der Waals surface area contributed by atoms with Crippen molar-refractivity contribution in [3.8, 4) is 0 Å². The molecule has 2 aromatic rings. The standard InChI is InChI=1S/C17H22N2/c1-12-9-10-19-11-14(12)16(18)13-7-5-6-8-15(13)17(2,3)4/h5-11,16H,18H2,1-4H3. The fraction of sp³-hybridized carbons (Fsp3) is 0.353. The third kappa shape index (κ3) is 2.85. The van der Waals surface area contributed by atoms with Gasteiger partial charge in [0.2, 0.25) is 0 Å². The van der Waals surface area contributed by atoms with Crippen LogP contribution in [0.4, 0.5) is 0 Å². The minimum Gasteiger partial charge on any atom is -0.320 e. The van der Waals surface area contributed by atoms with E-state index in [1.54, 1.807) is 6.20 Å². The zero-order valence-corrected chi connectivity index (χ0v) is 12.1. The predicted molar refractivity (Wildman–Crippen MR) is 80.1 cm³/mol. The van der Waals surface area contributed by atoms with Crippen molar-refractivity contribution in [3.05, 3.63) is 65.0 Å². The van der Waals surface area contributed by atoms with Gasteiger partial charge in [0.15, 0.2) is 0 Å². The van der Waals surface area contributed by atoms with Gasteiger partial charge in [-0.05, 0) is 40.7 Å². The van der Waals surface area contributed by atoms with Gasteiger partial charge in [-0.3, -0.25) is 4.98 Å². The monoisotopic (exact) mass is 254 g/mol. The van der Waals surface area contributed by atoms with Gasteiger partial charge >= 0.3 is 0 Å². The maximum Gasteiger partial charge on any atom is 0.0572 e. The second kappa shape index (κ2) is 5.14. The number of aryl methyl sites for hydroxylation is 1. The molecule has 0 bridgehead atoms. The SMILES string of the molecule is Cc1ccncc1C(N)c1ccccc1C(C)(C)C. The van der Waals surface area contributed by atoms with Crippen LogP contribution in [0.25, 0.3) is 0 Å². The van der Waals surface area contributed by atoms with Crippen molar-refractivity contribution in [3.63, 3.8) is 0 Å². The molecule has 100 valence electrons. The van der Waals surface area contributed by atoms with Crippen LogP contribution in [0.2, 0.25) is 0 Å². The van der Waals surface area contributed by atoms with Crippen LogP contribution in [0.3, 0.4) is 0 Å². The maximum atomic E-state index is 6.47. The van der Waals surface area contributed by atoms with Gasteiger partial charge in [-0.2, -0.15) is 0 Å². The number of hydrogen-bond donors (Lipinski definition) is 1. The summed E-state index contributed by atoms with van der Waals surface area (Å²) in [5.41, 5.74) is 11.3. The van der Waals surface area contributed by atoms with Gasteiger partial charge in [0.05, 0.1) is 6.04 Å². The van der Waals surface area contributed by atoms with Gasteiger partial charge in [0.1, 0.15) is 0 Å². The van der Waals surface area contributed by atoms with Gasteiger partial charge < -0.3 is 5.73 Å². The number of nitrogens with zero attached hydrogens (tertiary/aromatic N) is 1. The van der Waals surface area contributed by atoms with Gasteiger partial charge in [-0.15, -0.1) is 0 Å². The second-order valence-electron chi connectivity index (χ2n) is 6.05. The smallest absolute Gasteiger partial charge is 0.0572 e. The van der Waals surface area contributed by atoms with Crippen LogP contribution in [0.1, 0.15) is 49.1 Å². The Kier molecular flexibility index (Phi) is 3.72. The van der Waals surface area contributed by atoms with E-state index in [0.29, 0.717) is 0 Å². The Morgan fingerprint density at radius 2 is 1.74 bits per heavy atom. The van der Waals surface area contributed by atoms with Gasteiger partial charge in [0.25, 0.3) is 0 Å². The van der Waals surface area contributed by atoms with Crippen molar-refractivity contribution in [2.75, 3.05) is 0 Å². The van der Waals surface area contributed by atoms with E-state index in [-0.39, 0.29) is 11.5 Å². The Labute approximate surface area is 115 Å². The molecule has 1 unspecified atom stereocenters. The summed E-state index contributed by atoms with van der Waals surface area (Å²) in [7, 11) is 0. The van der Waals surface area contributed by atoms with E-state index in [1.165, 1.54) is 16.7 Å². The molecule has 2 nitrogen and oxygen atoms in total. The highest BCUT2D eigenvalue weighted by Gasteiger charge is 2.22. The van der Waals surface area contributed by atoms with E-state index in [2.05, 4.69) is 56.9 Å². The molecular weight excluding hydrogens is 232 g/mol. The highest BCUT2D eigenvalue weighted by atomic mass is 14.7. The fourth-order valence-corrected chi connectivity index (χ4v) is 2.42. The highest BCUT2D eigenvalue weighted by molar-refractivity contribution is 5.41.